The summed E-state index contributed by atoms with van der Waals surface area (Å²) in [4.78, 5) is 15.8. The fraction of sp³-hybridized carbons (Fsp3) is 0.290. The van der Waals surface area contributed by atoms with E-state index in [2.05, 4.69) is 76.0 Å². The van der Waals surface area contributed by atoms with Crippen LogP contribution < -0.4 is 5.32 Å². The summed E-state index contributed by atoms with van der Waals surface area (Å²) in [6, 6.07) is 31.1. The quantitative estimate of drug-likeness (QED) is 0.358. The van der Waals surface area contributed by atoms with Crippen molar-refractivity contribution in [2.24, 2.45) is 0 Å². The summed E-state index contributed by atoms with van der Waals surface area (Å²) in [6.45, 7) is 4.74. The molecule has 4 aromatic rings. The van der Waals surface area contributed by atoms with E-state index in [1.807, 2.05) is 41.9 Å². The predicted molar refractivity (Wildman–Crippen MR) is 145 cm³/mol. The van der Waals surface area contributed by atoms with E-state index >= 15 is 0 Å². The molecule has 2 N–H and O–H groups in total. The topological polar surface area (TPSA) is 70.4 Å². The standard InChI is InChI=1S/C31H34N4O2/c1-23(24-11-5-2-6-12-24)32-31(37)30-28-22-34(18-17-29(28)35(33-30)19-20-36)21-27(25-13-7-3-8-14-25)26-15-9-4-10-16-26/h2-16,23,27,36H,17-22H2,1H3,(H,32,37). The van der Waals surface area contributed by atoms with E-state index in [-0.39, 0.29) is 24.5 Å². The number of amides is 1. The van der Waals surface area contributed by atoms with E-state index < -0.39 is 0 Å². The molecule has 1 aromatic heterocycles. The Kier molecular flexibility index (Phi) is 7.78. The fourth-order valence-electron chi connectivity index (χ4n) is 5.29. The van der Waals surface area contributed by atoms with Crippen molar-refractivity contribution in [2.75, 3.05) is 19.7 Å². The molecule has 1 unspecified atom stereocenters. The largest absolute Gasteiger partial charge is 0.394 e. The summed E-state index contributed by atoms with van der Waals surface area (Å²) in [7, 11) is 0. The Morgan fingerprint density at radius 2 is 1.49 bits per heavy atom. The van der Waals surface area contributed by atoms with Crippen molar-refractivity contribution >= 4 is 5.91 Å². The Labute approximate surface area is 218 Å². The van der Waals surface area contributed by atoms with Crippen LogP contribution in [0.1, 0.15) is 57.3 Å². The third kappa shape index (κ3) is 5.66. The zero-order chi connectivity index (χ0) is 25.6. The number of fused-ring (bicyclic) bond motifs is 1. The second-order valence-corrected chi connectivity index (χ2v) is 9.69. The van der Waals surface area contributed by atoms with Crippen LogP contribution >= 0.6 is 0 Å². The van der Waals surface area contributed by atoms with Crippen molar-refractivity contribution in [2.45, 2.75) is 38.4 Å². The lowest BCUT2D eigenvalue weighted by Gasteiger charge is -2.31. The Bertz CT molecular complexity index is 1270. The van der Waals surface area contributed by atoms with Gasteiger partial charge >= 0.3 is 0 Å². The van der Waals surface area contributed by atoms with Crippen LogP contribution in [0.4, 0.5) is 0 Å². The molecule has 0 fully saturated rings. The monoisotopic (exact) mass is 494 g/mol. The minimum atomic E-state index is -0.172. The van der Waals surface area contributed by atoms with Gasteiger partial charge in [0.15, 0.2) is 5.69 Å². The highest BCUT2D eigenvalue weighted by Gasteiger charge is 2.30. The SMILES string of the molecule is CC(NC(=O)c1nn(CCO)c2c1CN(CC(c1ccccc1)c1ccccc1)CC2)c1ccccc1. The molecule has 6 heteroatoms. The second-order valence-electron chi connectivity index (χ2n) is 9.69. The molecule has 1 atom stereocenters. The molecule has 6 nitrogen and oxygen atoms in total. The van der Waals surface area contributed by atoms with Crippen molar-refractivity contribution in [3.05, 3.63) is 125 Å². The molecule has 0 radical (unpaired) electrons. The maximum atomic E-state index is 13.4. The highest BCUT2D eigenvalue weighted by molar-refractivity contribution is 5.94. The Balaban J connectivity index is 1.40. The van der Waals surface area contributed by atoms with Crippen LogP contribution in [0.5, 0.6) is 0 Å². The number of aliphatic hydroxyl groups is 1. The first-order valence-electron chi connectivity index (χ1n) is 13.0. The molecule has 190 valence electrons. The van der Waals surface area contributed by atoms with Crippen molar-refractivity contribution < 1.29 is 9.90 Å². The molecular formula is C31H34N4O2. The van der Waals surface area contributed by atoms with Gasteiger partial charge in [-0.25, -0.2) is 0 Å². The zero-order valence-corrected chi connectivity index (χ0v) is 21.3. The zero-order valence-electron chi connectivity index (χ0n) is 21.3. The number of nitrogens with zero attached hydrogens (tertiary/aromatic N) is 3. The summed E-state index contributed by atoms with van der Waals surface area (Å²) in [6.07, 6.45) is 0.792. The highest BCUT2D eigenvalue weighted by Crippen LogP contribution is 2.30. The van der Waals surface area contributed by atoms with E-state index in [9.17, 15) is 9.90 Å². The van der Waals surface area contributed by atoms with Gasteiger partial charge in [0, 0.05) is 43.2 Å². The average Bonchev–Trinajstić information content (AvgIpc) is 3.31. The molecule has 1 aliphatic heterocycles. The lowest BCUT2D eigenvalue weighted by atomic mass is 9.90. The Hall–Kier alpha value is -3.74. The number of benzene rings is 3. The molecule has 0 saturated carbocycles. The van der Waals surface area contributed by atoms with Crippen LogP contribution in [-0.4, -0.2) is 45.4 Å². The Morgan fingerprint density at radius 3 is 2.05 bits per heavy atom. The van der Waals surface area contributed by atoms with Crippen LogP contribution in [0.3, 0.4) is 0 Å². The van der Waals surface area contributed by atoms with Gasteiger partial charge in [-0.2, -0.15) is 5.10 Å². The molecule has 0 spiro atoms. The highest BCUT2D eigenvalue weighted by atomic mass is 16.3. The van der Waals surface area contributed by atoms with Crippen molar-refractivity contribution in [1.29, 1.82) is 0 Å². The summed E-state index contributed by atoms with van der Waals surface area (Å²) in [5.74, 6) is 0.0561. The third-order valence-corrected chi connectivity index (χ3v) is 7.23. The second kappa shape index (κ2) is 11.5. The summed E-state index contributed by atoms with van der Waals surface area (Å²) >= 11 is 0. The van der Waals surface area contributed by atoms with Crippen molar-refractivity contribution in [3.63, 3.8) is 0 Å². The summed E-state index contributed by atoms with van der Waals surface area (Å²) < 4.78 is 1.82. The first kappa shape index (κ1) is 24.9. The van der Waals surface area contributed by atoms with Gasteiger partial charge in [-0.05, 0) is 23.6 Å². The van der Waals surface area contributed by atoms with Gasteiger partial charge in [-0.1, -0.05) is 91.0 Å². The normalized spacial score (nSPS) is 14.4. The van der Waals surface area contributed by atoms with Crippen LogP contribution in [-0.2, 0) is 19.5 Å². The summed E-state index contributed by atoms with van der Waals surface area (Å²) in [5.41, 5.74) is 6.10. The maximum Gasteiger partial charge on any atom is 0.272 e. The molecule has 0 bridgehead atoms. The van der Waals surface area contributed by atoms with E-state index in [4.69, 9.17) is 0 Å². The van der Waals surface area contributed by atoms with E-state index in [0.717, 1.165) is 36.3 Å². The van der Waals surface area contributed by atoms with Gasteiger partial charge in [-0.3, -0.25) is 14.4 Å². The molecule has 3 aromatic carbocycles. The lowest BCUT2D eigenvalue weighted by Crippen LogP contribution is -2.36. The molecule has 0 aliphatic carbocycles. The van der Waals surface area contributed by atoms with Gasteiger partial charge in [0.1, 0.15) is 0 Å². The van der Waals surface area contributed by atoms with Crippen LogP contribution in [0.25, 0.3) is 0 Å². The maximum absolute atomic E-state index is 13.4. The minimum absolute atomic E-state index is 0.0105. The van der Waals surface area contributed by atoms with Gasteiger partial charge in [0.25, 0.3) is 5.91 Å². The van der Waals surface area contributed by atoms with Crippen LogP contribution in [0.15, 0.2) is 91.0 Å². The average molecular weight is 495 g/mol. The van der Waals surface area contributed by atoms with Gasteiger partial charge in [-0.15, -0.1) is 0 Å². The van der Waals surface area contributed by atoms with E-state index in [1.54, 1.807) is 0 Å². The molecule has 37 heavy (non-hydrogen) atoms. The van der Waals surface area contributed by atoms with E-state index in [1.165, 1.54) is 11.1 Å². The first-order valence-corrected chi connectivity index (χ1v) is 13.0. The van der Waals surface area contributed by atoms with Gasteiger partial charge < -0.3 is 10.4 Å². The molecule has 1 amide bonds. The number of carbonyl (C=O) groups excluding carboxylic acids is 1. The molecule has 5 rings (SSSR count). The Morgan fingerprint density at radius 1 is 0.919 bits per heavy atom. The number of hydrogen-bond acceptors (Lipinski definition) is 4. The molecular weight excluding hydrogens is 460 g/mol. The predicted octanol–water partition coefficient (Wildman–Crippen LogP) is 4.56. The number of aliphatic hydroxyl groups excluding tert-OH is 1. The van der Waals surface area contributed by atoms with Gasteiger partial charge in [0.2, 0.25) is 0 Å². The fourth-order valence-corrected chi connectivity index (χ4v) is 5.29. The van der Waals surface area contributed by atoms with Crippen LogP contribution in [0.2, 0.25) is 0 Å². The third-order valence-electron chi connectivity index (χ3n) is 7.23. The number of rotatable bonds is 9. The number of carbonyl (C=O) groups is 1. The van der Waals surface area contributed by atoms with E-state index in [0.29, 0.717) is 18.8 Å². The summed E-state index contributed by atoms with van der Waals surface area (Å²) in [5, 5.41) is 17.4. The number of aromatic nitrogens is 2. The molecule has 0 saturated heterocycles. The molecule has 2 heterocycles. The molecule has 1 aliphatic rings. The first-order chi connectivity index (χ1) is 18.1. The number of nitrogens with one attached hydrogen (secondary N) is 1. The smallest absolute Gasteiger partial charge is 0.272 e. The lowest BCUT2D eigenvalue weighted by molar-refractivity contribution is 0.0931. The minimum Gasteiger partial charge on any atom is -0.394 e. The van der Waals surface area contributed by atoms with Crippen molar-refractivity contribution in [3.8, 4) is 0 Å². The van der Waals surface area contributed by atoms with Crippen molar-refractivity contribution in [1.82, 2.24) is 20.0 Å². The van der Waals surface area contributed by atoms with Crippen LogP contribution in [0, 0.1) is 0 Å². The van der Waals surface area contributed by atoms with Gasteiger partial charge in [0.05, 0.1) is 19.2 Å². The number of hydrogen-bond donors (Lipinski definition) is 2.